The Hall–Kier alpha value is -4.45. The number of esters is 3. The Morgan fingerprint density at radius 2 is 0.610 bits per heavy atom. The van der Waals surface area contributed by atoms with Crippen molar-refractivity contribution in [2.75, 3.05) is 13.2 Å². The monoisotopic (exact) mass is 813 g/mol. The van der Waals surface area contributed by atoms with E-state index in [0.717, 1.165) is 103 Å². The second-order valence-corrected chi connectivity index (χ2v) is 14.2. The molecule has 1 atom stereocenters. The molecule has 0 aliphatic heterocycles. The molecule has 0 saturated heterocycles. The molecule has 0 spiro atoms. The molecular formula is C53H80O6. The molecule has 0 rings (SSSR count). The Bertz CT molecular complexity index is 1350. The predicted molar refractivity (Wildman–Crippen MR) is 251 cm³/mol. The lowest BCUT2D eigenvalue weighted by Crippen LogP contribution is -2.30. The van der Waals surface area contributed by atoms with Crippen molar-refractivity contribution in [1.29, 1.82) is 0 Å². The fourth-order valence-electron chi connectivity index (χ4n) is 5.33. The SMILES string of the molecule is CC/C=C\C/C=C\C/C=C\C/C=C\C/C=C\CCCC(=O)OCC(COC(=O)CCCC/C=C\C/C=C\C/C=C\CC)OC(=O)CCCC/C=C\C/C=C\C/C=C\CC. The van der Waals surface area contributed by atoms with Crippen molar-refractivity contribution in [3.63, 3.8) is 0 Å². The minimum absolute atomic E-state index is 0.137. The number of carbonyl (C=O) groups is 3. The number of hydrogen-bond donors (Lipinski definition) is 0. The smallest absolute Gasteiger partial charge is 0.306 e. The molecule has 0 aromatic heterocycles. The van der Waals surface area contributed by atoms with Gasteiger partial charge in [0.15, 0.2) is 6.10 Å². The summed E-state index contributed by atoms with van der Waals surface area (Å²) in [6, 6.07) is 0. The van der Waals surface area contributed by atoms with Crippen LogP contribution in [-0.4, -0.2) is 37.2 Å². The summed E-state index contributed by atoms with van der Waals surface area (Å²) in [6.07, 6.45) is 64.5. The van der Waals surface area contributed by atoms with Gasteiger partial charge in [0.05, 0.1) is 0 Å². The van der Waals surface area contributed by atoms with E-state index in [4.69, 9.17) is 14.2 Å². The topological polar surface area (TPSA) is 78.9 Å². The van der Waals surface area contributed by atoms with Gasteiger partial charge in [-0.05, 0) is 122 Å². The first kappa shape index (κ1) is 54.6. The Balaban J connectivity index is 4.60. The predicted octanol–water partition coefficient (Wildman–Crippen LogP) is 14.7. The van der Waals surface area contributed by atoms with Gasteiger partial charge in [0, 0.05) is 19.3 Å². The van der Waals surface area contributed by atoms with Crippen LogP contribution in [0.3, 0.4) is 0 Å². The van der Waals surface area contributed by atoms with Gasteiger partial charge in [-0.15, -0.1) is 0 Å². The van der Waals surface area contributed by atoms with Gasteiger partial charge in [0.25, 0.3) is 0 Å². The van der Waals surface area contributed by atoms with Crippen LogP contribution in [0.4, 0.5) is 0 Å². The number of ether oxygens (including phenoxy) is 3. The summed E-state index contributed by atoms with van der Waals surface area (Å²) >= 11 is 0. The highest BCUT2D eigenvalue weighted by Gasteiger charge is 2.19. The van der Waals surface area contributed by atoms with Crippen LogP contribution in [0.25, 0.3) is 0 Å². The van der Waals surface area contributed by atoms with Gasteiger partial charge in [-0.1, -0.05) is 154 Å². The lowest BCUT2D eigenvalue weighted by atomic mass is 10.1. The molecule has 1 unspecified atom stereocenters. The number of unbranched alkanes of at least 4 members (excludes halogenated alkanes) is 5. The number of hydrogen-bond acceptors (Lipinski definition) is 6. The number of rotatable bonds is 38. The molecule has 6 nitrogen and oxygen atoms in total. The molecule has 0 aliphatic carbocycles. The fourth-order valence-corrected chi connectivity index (χ4v) is 5.33. The molecule has 0 amide bonds. The quantitative estimate of drug-likeness (QED) is 0.0267. The Morgan fingerprint density at radius 1 is 0.339 bits per heavy atom. The van der Waals surface area contributed by atoms with E-state index >= 15 is 0 Å². The fraction of sp³-hybridized carbons (Fsp3) is 0.528. The normalized spacial score (nSPS) is 13.3. The van der Waals surface area contributed by atoms with Crippen molar-refractivity contribution in [3.05, 3.63) is 134 Å². The molecule has 0 N–H and O–H groups in total. The van der Waals surface area contributed by atoms with Crippen LogP contribution in [0.15, 0.2) is 134 Å². The summed E-state index contributed by atoms with van der Waals surface area (Å²) < 4.78 is 16.6. The van der Waals surface area contributed by atoms with Gasteiger partial charge in [-0.25, -0.2) is 0 Å². The van der Waals surface area contributed by atoms with E-state index in [1.807, 2.05) is 0 Å². The van der Waals surface area contributed by atoms with Crippen LogP contribution in [0.5, 0.6) is 0 Å². The summed E-state index contributed by atoms with van der Waals surface area (Å²) in [6.45, 7) is 6.12. The maximum Gasteiger partial charge on any atom is 0.306 e. The molecule has 0 heterocycles. The Kier molecular flexibility index (Phi) is 42.8. The van der Waals surface area contributed by atoms with Crippen molar-refractivity contribution in [3.8, 4) is 0 Å². The first-order valence-corrected chi connectivity index (χ1v) is 22.7. The number of allylic oxidation sites excluding steroid dienone is 22. The van der Waals surface area contributed by atoms with Crippen molar-refractivity contribution < 1.29 is 28.6 Å². The summed E-state index contributed by atoms with van der Waals surface area (Å²) in [5.74, 6) is -1.09. The first-order valence-electron chi connectivity index (χ1n) is 22.7. The van der Waals surface area contributed by atoms with E-state index in [1.165, 1.54) is 0 Å². The highest BCUT2D eigenvalue weighted by atomic mass is 16.6. The average Bonchev–Trinajstić information content (AvgIpc) is 3.23. The molecule has 0 fully saturated rings. The third-order valence-corrected chi connectivity index (χ3v) is 8.63. The minimum Gasteiger partial charge on any atom is -0.462 e. The molecular weight excluding hydrogens is 733 g/mol. The first-order chi connectivity index (χ1) is 29.0. The summed E-state index contributed by atoms with van der Waals surface area (Å²) in [5, 5.41) is 0. The van der Waals surface area contributed by atoms with Gasteiger partial charge in [-0.2, -0.15) is 0 Å². The van der Waals surface area contributed by atoms with Crippen LogP contribution in [0.1, 0.15) is 162 Å². The molecule has 0 aromatic carbocycles. The largest absolute Gasteiger partial charge is 0.462 e. The van der Waals surface area contributed by atoms with Gasteiger partial charge < -0.3 is 14.2 Å². The molecule has 59 heavy (non-hydrogen) atoms. The lowest BCUT2D eigenvalue weighted by molar-refractivity contribution is -0.167. The van der Waals surface area contributed by atoms with Crippen LogP contribution >= 0.6 is 0 Å². The van der Waals surface area contributed by atoms with Gasteiger partial charge >= 0.3 is 17.9 Å². The van der Waals surface area contributed by atoms with Crippen LogP contribution in [0, 0.1) is 0 Å². The second kappa shape index (κ2) is 46.2. The lowest BCUT2D eigenvalue weighted by Gasteiger charge is -2.18. The van der Waals surface area contributed by atoms with E-state index in [-0.39, 0.29) is 50.4 Å². The van der Waals surface area contributed by atoms with Crippen molar-refractivity contribution in [2.24, 2.45) is 0 Å². The zero-order chi connectivity index (χ0) is 43.0. The van der Waals surface area contributed by atoms with Gasteiger partial charge in [0.2, 0.25) is 0 Å². The maximum atomic E-state index is 12.7. The molecule has 6 heteroatoms. The van der Waals surface area contributed by atoms with Gasteiger partial charge in [-0.3, -0.25) is 14.4 Å². The third kappa shape index (κ3) is 44.5. The van der Waals surface area contributed by atoms with Crippen molar-refractivity contribution >= 4 is 17.9 Å². The van der Waals surface area contributed by atoms with E-state index in [0.29, 0.717) is 19.3 Å². The third-order valence-electron chi connectivity index (χ3n) is 8.63. The zero-order valence-electron chi connectivity index (χ0n) is 37.2. The van der Waals surface area contributed by atoms with Crippen molar-refractivity contribution in [2.45, 2.75) is 168 Å². The maximum absolute atomic E-state index is 12.7. The molecule has 0 aliphatic rings. The van der Waals surface area contributed by atoms with Gasteiger partial charge in [0.1, 0.15) is 13.2 Å². The van der Waals surface area contributed by atoms with E-state index in [1.54, 1.807) is 0 Å². The molecule has 0 saturated carbocycles. The highest BCUT2D eigenvalue weighted by Crippen LogP contribution is 2.09. The van der Waals surface area contributed by atoms with Crippen LogP contribution < -0.4 is 0 Å². The molecule has 0 aromatic rings. The average molecular weight is 813 g/mol. The summed E-state index contributed by atoms with van der Waals surface area (Å²) in [5.41, 5.74) is 0. The Morgan fingerprint density at radius 3 is 0.949 bits per heavy atom. The summed E-state index contributed by atoms with van der Waals surface area (Å²) in [7, 11) is 0. The zero-order valence-corrected chi connectivity index (χ0v) is 37.2. The van der Waals surface area contributed by atoms with E-state index in [2.05, 4.69) is 154 Å². The van der Waals surface area contributed by atoms with Crippen LogP contribution in [0.2, 0.25) is 0 Å². The Labute approximate surface area is 360 Å². The van der Waals surface area contributed by atoms with Crippen molar-refractivity contribution in [1.82, 2.24) is 0 Å². The van der Waals surface area contributed by atoms with Crippen LogP contribution in [-0.2, 0) is 28.6 Å². The number of carbonyl (C=O) groups excluding carboxylic acids is 3. The second-order valence-electron chi connectivity index (χ2n) is 14.2. The molecule has 0 radical (unpaired) electrons. The minimum atomic E-state index is -0.839. The highest BCUT2D eigenvalue weighted by molar-refractivity contribution is 5.71. The standard InChI is InChI=1S/C53H80O6/c1-4-7-10-13-16-19-22-25-26-27-28-29-32-34-37-40-43-46-52(55)58-49-50(59-53(56)47-44-41-38-35-31-24-21-18-15-12-9-6-3)48-57-51(54)45-42-39-36-33-30-23-20-17-14-11-8-5-2/h7-12,16-21,25-26,28-31,33-35,37,50H,4-6,13-15,22-24,27,32,36,38-49H2,1-3H3/b10-7-,11-8-,12-9-,19-16-,20-17-,21-18-,26-25-,29-28-,33-30-,35-31-,37-34-. The molecule has 0 bridgehead atoms. The molecule has 328 valence electrons. The summed E-state index contributed by atoms with van der Waals surface area (Å²) in [4.78, 5) is 37.7. The van der Waals surface area contributed by atoms with E-state index in [9.17, 15) is 14.4 Å². The van der Waals surface area contributed by atoms with E-state index < -0.39 is 6.10 Å².